The van der Waals surface area contributed by atoms with Crippen LogP contribution in [0, 0.1) is 0 Å². The normalized spacial score (nSPS) is 11.3. The Hall–Kier alpha value is -3.11. The first-order valence-corrected chi connectivity index (χ1v) is 12.3. The summed E-state index contributed by atoms with van der Waals surface area (Å²) in [7, 11) is -0.333. The highest BCUT2D eigenvalue weighted by atomic mass is 35.5. The maximum Gasteiger partial charge on any atom is 0.246 e. The van der Waals surface area contributed by atoms with Crippen molar-refractivity contribution in [2.24, 2.45) is 0 Å². The molecule has 1 heterocycles. The van der Waals surface area contributed by atoms with E-state index in [1.165, 1.54) is 16.3 Å². The van der Waals surface area contributed by atoms with Gasteiger partial charge in [-0.05, 0) is 55.0 Å². The molecule has 0 N–H and O–H groups in total. The van der Waals surface area contributed by atoms with Gasteiger partial charge in [-0.1, -0.05) is 16.8 Å². The molecular formula is C22H25ClN4O5S. The van der Waals surface area contributed by atoms with Gasteiger partial charge in [0.2, 0.25) is 27.6 Å². The molecule has 3 rings (SSSR count). The fourth-order valence-corrected chi connectivity index (χ4v) is 4.22. The fraction of sp³-hybridized carbons (Fsp3) is 0.318. The van der Waals surface area contributed by atoms with Crippen LogP contribution < -0.4 is 9.04 Å². The van der Waals surface area contributed by atoms with E-state index in [9.17, 15) is 13.2 Å². The molecule has 0 aliphatic heterocycles. The Balaban J connectivity index is 1.55. The van der Waals surface area contributed by atoms with Gasteiger partial charge in [0.05, 0.1) is 25.6 Å². The largest absolute Gasteiger partial charge is 0.497 e. The third kappa shape index (κ3) is 6.69. The molecule has 9 nitrogen and oxygen atoms in total. The summed E-state index contributed by atoms with van der Waals surface area (Å²) in [6, 6.07) is 13.7. The third-order valence-corrected chi connectivity index (χ3v) is 6.33. The summed E-state index contributed by atoms with van der Waals surface area (Å²) < 4.78 is 36.1. The maximum atomic E-state index is 12.5. The molecule has 2 aromatic carbocycles. The van der Waals surface area contributed by atoms with Crippen LogP contribution in [0.25, 0.3) is 11.4 Å². The van der Waals surface area contributed by atoms with Crippen LogP contribution in [0.5, 0.6) is 5.75 Å². The number of aromatic nitrogens is 2. The molecule has 0 unspecified atom stereocenters. The minimum atomic E-state index is -3.50. The molecule has 0 radical (unpaired) electrons. The standard InChI is InChI=1S/C22H25ClN4O5S/c1-26(15-20-24-22(25-32-20)16-6-8-17(23)9-7-16)21(28)5-4-14-27(33(3,29)30)18-10-12-19(31-2)13-11-18/h6-13H,4-5,14-15H2,1-3H3. The summed E-state index contributed by atoms with van der Waals surface area (Å²) in [5, 5.41) is 4.54. The first-order chi connectivity index (χ1) is 15.7. The van der Waals surface area contributed by atoms with E-state index in [1.54, 1.807) is 55.6 Å². The molecule has 176 valence electrons. The molecule has 33 heavy (non-hydrogen) atoms. The number of benzene rings is 2. The molecule has 3 aromatic rings. The van der Waals surface area contributed by atoms with Crippen molar-refractivity contribution >= 4 is 33.2 Å². The van der Waals surface area contributed by atoms with Gasteiger partial charge in [-0.3, -0.25) is 9.10 Å². The predicted molar refractivity (Wildman–Crippen MR) is 126 cm³/mol. The van der Waals surface area contributed by atoms with Gasteiger partial charge in [-0.2, -0.15) is 4.98 Å². The van der Waals surface area contributed by atoms with E-state index in [4.69, 9.17) is 20.9 Å². The zero-order valence-electron chi connectivity index (χ0n) is 18.6. The molecule has 0 saturated carbocycles. The fourth-order valence-electron chi connectivity index (χ4n) is 3.13. The first kappa shape index (κ1) is 24.5. The molecule has 0 aliphatic rings. The third-order valence-electron chi connectivity index (χ3n) is 4.88. The Bertz CT molecular complexity index is 1180. The van der Waals surface area contributed by atoms with E-state index >= 15 is 0 Å². The number of anilines is 1. The Morgan fingerprint density at radius 3 is 2.39 bits per heavy atom. The van der Waals surface area contributed by atoms with Crippen LogP contribution in [0.4, 0.5) is 5.69 Å². The number of carbonyl (C=O) groups excluding carboxylic acids is 1. The lowest BCUT2D eigenvalue weighted by Gasteiger charge is -2.23. The molecule has 0 saturated heterocycles. The maximum absolute atomic E-state index is 12.5. The quantitative estimate of drug-likeness (QED) is 0.425. The Morgan fingerprint density at radius 1 is 1.12 bits per heavy atom. The Kier molecular flexibility index (Phi) is 7.93. The van der Waals surface area contributed by atoms with Crippen molar-refractivity contribution in [3.63, 3.8) is 0 Å². The van der Waals surface area contributed by atoms with E-state index in [2.05, 4.69) is 10.1 Å². The van der Waals surface area contributed by atoms with E-state index in [1.807, 2.05) is 0 Å². The second-order valence-corrected chi connectivity index (χ2v) is 9.75. The van der Waals surface area contributed by atoms with Gasteiger partial charge in [0.25, 0.3) is 0 Å². The van der Waals surface area contributed by atoms with Gasteiger partial charge in [-0.15, -0.1) is 0 Å². The molecule has 0 aliphatic carbocycles. The molecule has 0 atom stereocenters. The molecule has 0 spiro atoms. The summed E-state index contributed by atoms with van der Waals surface area (Å²) >= 11 is 5.89. The highest BCUT2D eigenvalue weighted by molar-refractivity contribution is 7.92. The van der Waals surface area contributed by atoms with Crippen molar-refractivity contribution in [3.8, 4) is 17.1 Å². The van der Waals surface area contributed by atoms with Crippen molar-refractivity contribution in [2.45, 2.75) is 19.4 Å². The molecule has 11 heteroatoms. The number of hydrogen-bond acceptors (Lipinski definition) is 7. The molecule has 0 fully saturated rings. The van der Waals surface area contributed by atoms with Crippen LogP contribution >= 0.6 is 11.6 Å². The highest BCUT2D eigenvalue weighted by Crippen LogP contribution is 2.22. The summed E-state index contributed by atoms with van der Waals surface area (Å²) in [6.07, 6.45) is 1.65. The molecular weight excluding hydrogens is 468 g/mol. The summed E-state index contributed by atoms with van der Waals surface area (Å²) in [4.78, 5) is 18.3. The van der Waals surface area contributed by atoms with Crippen LogP contribution in [-0.2, 0) is 21.4 Å². The second kappa shape index (κ2) is 10.7. The summed E-state index contributed by atoms with van der Waals surface area (Å²) in [5.74, 6) is 1.17. The van der Waals surface area contributed by atoms with Crippen molar-refractivity contribution in [2.75, 3.05) is 31.3 Å². The first-order valence-electron chi connectivity index (χ1n) is 10.1. The van der Waals surface area contributed by atoms with E-state index < -0.39 is 10.0 Å². The Morgan fingerprint density at radius 2 is 1.79 bits per heavy atom. The zero-order valence-corrected chi connectivity index (χ0v) is 20.1. The number of sulfonamides is 1. The van der Waals surface area contributed by atoms with E-state index in [-0.39, 0.29) is 25.4 Å². The number of amides is 1. The number of nitrogens with zero attached hydrogens (tertiary/aromatic N) is 4. The average molecular weight is 493 g/mol. The highest BCUT2D eigenvalue weighted by Gasteiger charge is 2.19. The van der Waals surface area contributed by atoms with Crippen molar-refractivity contribution < 1.29 is 22.5 Å². The predicted octanol–water partition coefficient (Wildman–Crippen LogP) is 3.60. The van der Waals surface area contributed by atoms with Gasteiger partial charge in [0, 0.05) is 30.6 Å². The van der Waals surface area contributed by atoms with Gasteiger partial charge < -0.3 is 14.2 Å². The average Bonchev–Trinajstić information content (AvgIpc) is 3.24. The lowest BCUT2D eigenvalue weighted by Crippen LogP contribution is -2.32. The monoisotopic (exact) mass is 492 g/mol. The minimum absolute atomic E-state index is 0.147. The van der Waals surface area contributed by atoms with Crippen molar-refractivity contribution in [1.29, 1.82) is 0 Å². The van der Waals surface area contributed by atoms with Crippen LogP contribution in [0.1, 0.15) is 18.7 Å². The zero-order chi connectivity index (χ0) is 24.0. The van der Waals surface area contributed by atoms with Gasteiger partial charge in [0.15, 0.2) is 0 Å². The van der Waals surface area contributed by atoms with Gasteiger partial charge in [-0.25, -0.2) is 8.42 Å². The van der Waals surface area contributed by atoms with Crippen LogP contribution in [0.15, 0.2) is 53.1 Å². The number of hydrogen-bond donors (Lipinski definition) is 0. The van der Waals surface area contributed by atoms with Crippen molar-refractivity contribution in [3.05, 3.63) is 59.4 Å². The summed E-state index contributed by atoms with van der Waals surface area (Å²) in [5.41, 5.74) is 1.27. The summed E-state index contributed by atoms with van der Waals surface area (Å²) in [6.45, 7) is 0.319. The number of rotatable bonds is 10. The Labute approximate surface area is 198 Å². The molecule has 1 amide bonds. The number of carbonyl (C=O) groups is 1. The second-order valence-electron chi connectivity index (χ2n) is 7.41. The van der Waals surface area contributed by atoms with E-state index in [0.29, 0.717) is 34.6 Å². The number of methoxy groups -OCH3 is 1. The number of ether oxygens (including phenoxy) is 1. The van der Waals surface area contributed by atoms with Crippen LogP contribution in [0.3, 0.4) is 0 Å². The lowest BCUT2D eigenvalue weighted by atomic mass is 10.2. The molecule has 0 bridgehead atoms. The lowest BCUT2D eigenvalue weighted by molar-refractivity contribution is -0.130. The SMILES string of the molecule is COc1ccc(N(CCCC(=O)N(C)Cc2nc(-c3ccc(Cl)cc3)no2)S(C)(=O)=O)cc1. The van der Waals surface area contributed by atoms with Gasteiger partial charge in [0.1, 0.15) is 5.75 Å². The van der Waals surface area contributed by atoms with E-state index in [0.717, 1.165) is 11.8 Å². The smallest absolute Gasteiger partial charge is 0.246 e. The van der Waals surface area contributed by atoms with Crippen LogP contribution in [0.2, 0.25) is 5.02 Å². The number of halogens is 1. The van der Waals surface area contributed by atoms with Crippen molar-refractivity contribution in [1.82, 2.24) is 15.0 Å². The minimum Gasteiger partial charge on any atom is -0.497 e. The van der Waals surface area contributed by atoms with Gasteiger partial charge >= 0.3 is 0 Å². The van der Waals surface area contributed by atoms with Crippen LogP contribution in [-0.4, -0.2) is 56.3 Å². The molecule has 1 aromatic heterocycles. The topological polar surface area (TPSA) is 106 Å².